The smallest absolute Gasteiger partial charge is 0.254 e. The Kier molecular flexibility index (Phi) is 5.13. The van der Waals surface area contributed by atoms with Crippen molar-refractivity contribution in [2.75, 3.05) is 31.1 Å². The fourth-order valence-corrected chi connectivity index (χ4v) is 4.13. The van der Waals surface area contributed by atoms with E-state index >= 15 is 0 Å². The van der Waals surface area contributed by atoms with E-state index in [4.69, 9.17) is 4.74 Å². The summed E-state index contributed by atoms with van der Waals surface area (Å²) >= 11 is 0. The Labute approximate surface area is 170 Å². The van der Waals surface area contributed by atoms with Gasteiger partial charge in [-0.2, -0.15) is 0 Å². The second kappa shape index (κ2) is 7.59. The highest BCUT2D eigenvalue weighted by atomic mass is 19.1. The Morgan fingerprint density at radius 1 is 1.07 bits per heavy atom. The molecular formula is C23H25FN2O3. The summed E-state index contributed by atoms with van der Waals surface area (Å²) in [6, 6.07) is 11.9. The lowest BCUT2D eigenvalue weighted by atomic mass is 9.88. The van der Waals surface area contributed by atoms with Gasteiger partial charge in [-0.25, -0.2) is 4.39 Å². The molecule has 0 saturated carbocycles. The topological polar surface area (TPSA) is 49.9 Å². The van der Waals surface area contributed by atoms with Crippen molar-refractivity contribution in [3.63, 3.8) is 0 Å². The Balaban J connectivity index is 1.46. The molecule has 0 atom stereocenters. The molecule has 4 rings (SSSR count). The van der Waals surface area contributed by atoms with Crippen LogP contribution in [-0.2, 0) is 9.53 Å². The van der Waals surface area contributed by atoms with Crippen molar-refractivity contribution in [2.45, 2.75) is 32.3 Å². The minimum absolute atomic E-state index is 0.00229. The lowest BCUT2D eigenvalue weighted by molar-refractivity contribution is -0.143. The zero-order valence-electron chi connectivity index (χ0n) is 16.8. The van der Waals surface area contributed by atoms with Crippen molar-refractivity contribution in [3.05, 3.63) is 65.0 Å². The molecule has 152 valence electrons. The van der Waals surface area contributed by atoms with Gasteiger partial charge in [-0.15, -0.1) is 0 Å². The fourth-order valence-electron chi connectivity index (χ4n) is 4.13. The number of benzene rings is 2. The number of rotatable bonds is 2. The summed E-state index contributed by atoms with van der Waals surface area (Å²) in [5.41, 5.74) is 2.99. The van der Waals surface area contributed by atoms with Crippen molar-refractivity contribution in [2.24, 2.45) is 0 Å². The van der Waals surface area contributed by atoms with Gasteiger partial charge in [0.25, 0.3) is 11.8 Å². The van der Waals surface area contributed by atoms with Crippen LogP contribution in [0.4, 0.5) is 10.1 Å². The van der Waals surface area contributed by atoms with Crippen molar-refractivity contribution in [1.82, 2.24) is 4.90 Å². The molecule has 2 aliphatic rings. The standard InChI is InChI=1S/C23H25FN2O3/c1-16-3-4-17(2)20(13-16)22(28)25-11-9-23(10-12-25)15-26(21(27)14-29-23)19-7-5-18(24)6-8-19/h3-8,13H,9-12,14-15H2,1-2H3. The van der Waals surface area contributed by atoms with Gasteiger partial charge in [0.1, 0.15) is 12.4 Å². The van der Waals surface area contributed by atoms with Gasteiger partial charge in [0, 0.05) is 24.3 Å². The summed E-state index contributed by atoms with van der Waals surface area (Å²) in [7, 11) is 0. The minimum Gasteiger partial charge on any atom is -0.363 e. The Hall–Kier alpha value is -2.73. The van der Waals surface area contributed by atoms with Crippen LogP contribution in [0.25, 0.3) is 0 Å². The van der Waals surface area contributed by atoms with Gasteiger partial charge in [0.05, 0.1) is 12.1 Å². The minimum atomic E-state index is -0.472. The summed E-state index contributed by atoms with van der Waals surface area (Å²) in [5, 5.41) is 0. The molecule has 2 saturated heterocycles. The summed E-state index contributed by atoms with van der Waals surface area (Å²) in [5.74, 6) is -0.415. The molecule has 0 N–H and O–H groups in total. The number of nitrogens with zero attached hydrogens (tertiary/aromatic N) is 2. The molecule has 2 fully saturated rings. The predicted molar refractivity (Wildman–Crippen MR) is 108 cm³/mol. The molecule has 0 aromatic heterocycles. The Morgan fingerprint density at radius 3 is 2.45 bits per heavy atom. The van der Waals surface area contributed by atoms with E-state index in [0.717, 1.165) is 16.7 Å². The van der Waals surface area contributed by atoms with Gasteiger partial charge in [-0.05, 0) is 62.6 Å². The fraction of sp³-hybridized carbons (Fsp3) is 0.391. The first-order valence-corrected chi connectivity index (χ1v) is 9.93. The molecule has 6 heteroatoms. The predicted octanol–water partition coefficient (Wildman–Crippen LogP) is 3.48. The van der Waals surface area contributed by atoms with Crippen molar-refractivity contribution in [1.29, 1.82) is 0 Å². The highest BCUT2D eigenvalue weighted by molar-refractivity contribution is 5.96. The monoisotopic (exact) mass is 396 g/mol. The zero-order chi connectivity index (χ0) is 20.6. The van der Waals surface area contributed by atoms with E-state index in [1.807, 2.05) is 36.9 Å². The Morgan fingerprint density at radius 2 is 1.76 bits per heavy atom. The lowest BCUT2D eigenvalue weighted by Crippen LogP contribution is -2.59. The maximum absolute atomic E-state index is 13.2. The average Bonchev–Trinajstić information content (AvgIpc) is 2.73. The van der Waals surface area contributed by atoms with Gasteiger partial charge in [-0.1, -0.05) is 17.7 Å². The van der Waals surface area contributed by atoms with Crippen molar-refractivity contribution >= 4 is 17.5 Å². The molecule has 2 aromatic carbocycles. The van der Waals surface area contributed by atoms with Crippen LogP contribution < -0.4 is 4.90 Å². The van der Waals surface area contributed by atoms with Crippen LogP contribution in [-0.4, -0.2) is 48.6 Å². The normalized spacial score (nSPS) is 18.9. The van der Waals surface area contributed by atoms with Gasteiger partial charge in [0.15, 0.2) is 0 Å². The SMILES string of the molecule is Cc1ccc(C)c(C(=O)N2CCC3(CC2)CN(c2ccc(F)cc2)C(=O)CO3)c1. The van der Waals surface area contributed by atoms with Crippen LogP contribution in [0.5, 0.6) is 0 Å². The van der Waals surface area contributed by atoms with Crippen LogP contribution >= 0.6 is 0 Å². The number of anilines is 1. The number of piperidine rings is 1. The molecule has 1 spiro atoms. The quantitative estimate of drug-likeness (QED) is 0.781. The summed E-state index contributed by atoms with van der Waals surface area (Å²) < 4.78 is 19.2. The van der Waals surface area contributed by atoms with Crippen molar-refractivity contribution in [3.8, 4) is 0 Å². The highest BCUT2D eigenvalue weighted by Gasteiger charge is 2.43. The molecule has 2 aliphatic heterocycles. The van der Waals surface area contributed by atoms with Crippen LogP contribution in [0, 0.1) is 19.7 Å². The third-order valence-corrected chi connectivity index (χ3v) is 5.97. The van der Waals surface area contributed by atoms with E-state index in [1.54, 1.807) is 17.0 Å². The number of halogens is 1. The second-order valence-electron chi connectivity index (χ2n) is 8.04. The average molecular weight is 396 g/mol. The summed E-state index contributed by atoms with van der Waals surface area (Å²) in [4.78, 5) is 28.9. The van der Waals surface area contributed by atoms with E-state index in [9.17, 15) is 14.0 Å². The third kappa shape index (κ3) is 3.90. The maximum Gasteiger partial charge on any atom is 0.254 e. The van der Waals surface area contributed by atoms with Gasteiger partial charge in [0.2, 0.25) is 0 Å². The van der Waals surface area contributed by atoms with Crippen LogP contribution in [0.15, 0.2) is 42.5 Å². The molecule has 2 aromatic rings. The molecule has 2 amide bonds. The third-order valence-electron chi connectivity index (χ3n) is 5.97. The van der Waals surface area contributed by atoms with Gasteiger partial charge >= 0.3 is 0 Å². The number of likely N-dealkylation sites (tertiary alicyclic amines) is 1. The molecule has 5 nitrogen and oxygen atoms in total. The zero-order valence-corrected chi connectivity index (χ0v) is 16.8. The summed E-state index contributed by atoms with van der Waals surface area (Å²) in [6.07, 6.45) is 1.32. The van der Waals surface area contributed by atoms with E-state index in [2.05, 4.69) is 0 Å². The molecule has 0 unspecified atom stereocenters. The number of hydrogen-bond acceptors (Lipinski definition) is 3. The molecule has 2 heterocycles. The first-order chi connectivity index (χ1) is 13.9. The van der Waals surface area contributed by atoms with Gasteiger partial charge in [-0.3, -0.25) is 9.59 Å². The number of hydrogen-bond donors (Lipinski definition) is 0. The number of carbonyl (C=O) groups is 2. The number of morpholine rings is 1. The first kappa shape index (κ1) is 19.6. The number of amides is 2. The highest BCUT2D eigenvalue weighted by Crippen LogP contribution is 2.33. The van der Waals surface area contributed by atoms with E-state index in [-0.39, 0.29) is 24.2 Å². The van der Waals surface area contributed by atoms with Crippen LogP contribution in [0.3, 0.4) is 0 Å². The largest absolute Gasteiger partial charge is 0.363 e. The number of carbonyl (C=O) groups excluding carboxylic acids is 2. The van der Waals surface area contributed by atoms with Gasteiger partial charge < -0.3 is 14.5 Å². The summed E-state index contributed by atoms with van der Waals surface area (Å²) in [6.45, 7) is 5.52. The van der Waals surface area contributed by atoms with Crippen LogP contribution in [0.1, 0.15) is 34.3 Å². The van der Waals surface area contributed by atoms with E-state index < -0.39 is 5.60 Å². The number of aryl methyl sites for hydroxylation is 2. The second-order valence-corrected chi connectivity index (χ2v) is 8.04. The molecule has 0 radical (unpaired) electrons. The lowest BCUT2D eigenvalue weighted by Gasteiger charge is -2.47. The van der Waals surface area contributed by atoms with E-state index in [1.165, 1.54) is 12.1 Å². The maximum atomic E-state index is 13.2. The first-order valence-electron chi connectivity index (χ1n) is 9.93. The van der Waals surface area contributed by atoms with E-state index in [0.29, 0.717) is 38.2 Å². The molecule has 0 bridgehead atoms. The molecular weight excluding hydrogens is 371 g/mol. The number of ether oxygens (including phenoxy) is 1. The Bertz CT molecular complexity index is 934. The molecule has 29 heavy (non-hydrogen) atoms. The molecule has 0 aliphatic carbocycles. The van der Waals surface area contributed by atoms with Crippen molar-refractivity contribution < 1.29 is 18.7 Å². The van der Waals surface area contributed by atoms with Crippen LogP contribution in [0.2, 0.25) is 0 Å².